The number of benzene rings is 1. The van der Waals surface area contributed by atoms with Crippen LogP contribution in [0, 0.1) is 12.7 Å². The minimum Gasteiger partial charge on any atom is -0.496 e. The van der Waals surface area contributed by atoms with Crippen LogP contribution < -0.4 is 4.74 Å². The molecule has 0 heterocycles. The molecule has 6 heteroatoms. The van der Waals surface area contributed by atoms with Crippen molar-refractivity contribution >= 4 is 19.7 Å². The molecule has 1 aromatic carbocycles. The second kappa shape index (κ2) is 4.37. The topological polar surface area (TPSA) is 43.4 Å². The summed E-state index contributed by atoms with van der Waals surface area (Å²) in [7, 11) is 2.79. The summed E-state index contributed by atoms with van der Waals surface area (Å²) in [5.41, 5.74) is 0.880. The zero-order valence-electron chi connectivity index (χ0n) is 8.25. The summed E-state index contributed by atoms with van der Waals surface area (Å²) in [5.74, 6) is -0.646. The van der Waals surface area contributed by atoms with Gasteiger partial charge in [-0.2, -0.15) is 0 Å². The lowest BCUT2D eigenvalue weighted by Crippen LogP contribution is -2.00. The zero-order chi connectivity index (χ0) is 11.6. The molecule has 0 radical (unpaired) electrons. The van der Waals surface area contributed by atoms with Gasteiger partial charge in [0, 0.05) is 16.7 Å². The van der Waals surface area contributed by atoms with Gasteiger partial charge in [-0.25, -0.2) is 12.8 Å². The van der Waals surface area contributed by atoms with E-state index in [1.807, 2.05) is 0 Å². The molecule has 0 aliphatic heterocycles. The van der Waals surface area contributed by atoms with Crippen LogP contribution in [0.25, 0.3) is 0 Å². The molecule has 0 spiro atoms. The molecular weight excluding hydrogens is 243 g/mol. The molecule has 0 fully saturated rings. The molecule has 0 aliphatic rings. The number of hydrogen-bond acceptors (Lipinski definition) is 3. The Kier molecular flexibility index (Phi) is 3.57. The third kappa shape index (κ3) is 3.35. The van der Waals surface area contributed by atoms with Crippen molar-refractivity contribution in [3.05, 3.63) is 29.1 Å². The molecule has 0 N–H and O–H groups in total. The first-order valence-electron chi connectivity index (χ1n) is 4.09. The SMILES string of the molecule is COc1cc(F)cc(CS(=O)(=O)Cl)c1C. The van der Waals surface area contributed by atoms with E-state index in [1.54, 1.807) is 6.92 Å². The first-order valence-corrected chi connectivity index (χ1v) is 6.56. The van der Waals surface area contributed by atoms with Crippen LogP contribution in [-0.2, 0) is 14.8 Å². The van der Waals surface area contributed by atoms with E-state index in [1.165, 1.54) is 13.2 Å². The van der Waals surface area contributed by atoms with Crippen LogP contribution in [0.1, 0.15) is 11.1 Å². The summed E-state index contributed by atoms with van der Waals surface area (Å²) >= 11 is 0. The third-order valence-electron chi connectivity index (χ3n) is 1.98. The van der Waals surface area contributed by atoms with Crippen molar-refractivity contribution in [2.75, 3.05) is 7.11 Å². The molecule has 84 valence electrons. The van der Waals surface area contributed by atoms with Crippen LogP contribution in [0.4, 0.5) is 4.39 Å². The first kappa shape index (κ1) is 12.3. The van der Waals surface area contributed by atoms with Gasteiger partial charge in [-0.15, -0.1) is 0 Å². The third-order valence-corrected chi connectivity index (χ3v) is 2.96. The summed E-state index contributed by atoms with van der Waals surface area (Å²) in [6, 6.07) is 2.33. The van der Waals surface area contributed by atoms with Gasteiger partial charge < -0.3 is 4.74 Å². The van der Waals surface area contributed by atoms with Crippen molar-refractivity contribution < 1.29 is 17.5 Å². The number of ether oxygens (including phenoxy) is 1. The molecule has 15 heavy (non-hydrogen) atoms. The Labute approximate surface area is 92.2 Å². The summed E-state index contributed by atoms with van der Waals surface area (Å²) in [6.45, 7) is 1.65. The van der Waals surface area contributed by atoms with E-state index in [0.717, 1.165) is 6.07 Å². The van der Waals surface area contributed by atoms with Gasteiger partial charge in [-0.05, 0) is 24.1 Å². The van der Waals surface area contributed by atoms with E-state index >= 15 is 0 Å². The average Bonchev–Trinajstić information content (AvgIpc) is 2.08. The quantitative estimate of drug-likeness (QED) is 0.775. The smallest absolute Gasteiger partial charge is 0.236 e. The van der Waals surface area contributed by atoms with E-state index in [0.29, 0.717) is 16.9 Å². The predicted octanol–water partition coefficient (Wildman–Crippen LogP) is 2.21. The van der Waals surface area contributed by atoms with Gasteiger partial charge >= 0.3 is 0 Å². The van der Waals surface area contributed by atoms with E-state index in [-0.39, 0.29) is 0 Å². The molecule has 0 amide bonds. The van der Waals surface area contributed by atoms with Gasteiger partial charge in [0.25, 0.3) is 0 Å². The Morgan fingerprint density at radius 1 is 1.47 bits per heavy atom. The largest absolute Gasteiger partial charge is 0.496 e. The van der Waals surface area contributed by atoms with Crippen molar-refractivity contribution in [2.45, 2.75) is 12.7 Å². The van der Waals surface area contributed by atoms with Gasteiger partial charge in [-0.1, -0.05) is 0 Å². The maximum absolute atomic E-state index is 13.1. The highest BCUT2D eigenvalue weighted by Crippen LogP contribution is 2.25. The van der Waals surface area contributed by atoms with Gasteiger partial charge in [0.05, 0.1) is 12.9 Å². The summed E-state index contributed by atoms with van der Waals surface area (Å²) < 4.78 is 39.7. The average molecular weight is 253 g/mol. The standard InChI is InChI=1S/C9H10ClFO3S/c1-6-7(5-15(10,12)13)3-8(11)4-9(6)14-2/h3-4H,5H2,1-2H3. The number of hydrogen-bond donors (Lipinski definition) is 0. The molecule has 0 atom stereocenters. The highest BCUT2D eigenvalue weighted by atomic mass is 35.7. The van der Waals surface area contributed by atoms with E-state index < -0.39 is 20.6 Å². The first-order chi connectivity index (χ1) is 6.83. The van der Waals surface area contributed by atoms with Crippen molar-refractivity contribution in [1.29, 1.82) is 0 Å². The second-order valence-corrected chi connectivity index (χ2v) is 5.85. The van der Waals surface area contributed by atoms with Crippen molar-refractivity contribution in [1.82, 2.24) is 0 Å². The highest BCUT2D eigenvalue weighted by molar-refractivity contribution is 8.13. The molecule has 0 aliphatic carbocycles. The molecule has 0 unspecified atom stereocenters. The lowest BCUT2D eigenvalue weighted by molar-refractivity contribution is 0.407. The number of methoxy groups -OCH3 is 1. The Bertz CT molecular complexity index is 470. The van der Waals surface area contributed by atoms with Gasteiger partial charge in [0.2, 0.25) is 9.05 Å². The van der Waals surface area contributed by atoms with Crippen LogP contribution in [0.3, 0.4) is 0 Å². The minimum atomic E-state index is -3.69. The van der Waals surface area contributed by atoms with E-state index in [4.69, 9.17) is 15.4 Å². The maximum Gasteiger partial charge on any atom is 0.236 e. The zero-order valence-corrected chi connectivity index (χ0v) is 9.82. The Hall–Kier alpha value is -0.810. The van der Waals surface area contributed by atoms with Crippen molar-refractivity contribution in [2.24, 2.45) is 0 Å². The summed E-state index contributed by atoms with van der Waals surface area (Å²) in [4.78, 5) is 0. The van der Waals surface area contributed by atoms with Crippen LogP contribution in [0.15, 0.2) is 12.1 Å². The molecule has 0 saturated carbocycles. The van der Waals surface area contributed by atoms with Crippen LogP contribution in [-0.4, -0.2) is 15.5 Å². The lowest BCUT2D eigenvalue weighted by Gasteiger charge is -2.09. The fraction of sp³-hybridized carbons (Fsp3) is 0.333. The van der Waals surface area contributed by atoms with Crippen LogP contribution in [0.5, 0.6) is 5.75 Å². The number of rotatable bonds is 3. The predicted molar refractivity (Wildman–Crippen MR) is 56.2 cm³/mol. The Balaban J connectivity index is 3.24. The molecule has 3 nitrogen and oxygen atoms in total. The molecule has 1 rings (SSSR count). The fourth-order valence-corrected chi connectivity index (χ4v) is 2.28. The molecule has 1 aromatic rings. The fourth-order valence-electron chi connectivity index (χ4n) is 1.26. The minimum absolute atomic E-state index is 0.307. The molecular formula is C9H10ClFO3S. The molecule has 0 bridgehead atoms. The lowest BCUT2D eigenvalue weighted by atomic mass is 10.1. The van der Waals surface area contributed by atoms with Gasteiger partial charge in [-0.3, -0.25) is 0 Å². The Morgan fingerprint density at radius 2 is 2.07 bits per heavy atom. The summed E-state index contributed by atoms with van der Waals surface area (Å²) in [6.07, 6.45) is 0. The maximum atomic E-state index is 13.1. The van der Waals surface area contributed by atoms with Crippen LogP contribution >= 0.6 is 10.7 Å². The normalized spacial score (nSPS) is 11.5. The van der Waals surface area contributed by atoms with Crippen LogP contribution in [0.2, 0.25) is 0 Å². The monoisotopic (exact) mass is 252 g/mol. The van der Waals surface area contributed by atoms with Crippen molar-refractivity contribution in [3.63, 3.8) is 0 Å². The van der Waals surface area contributed by atoms with E-state index in [2.05, 4.69) is 0 Å². The molecule has 0 saturated heterocycles. The number of halogens is 2. The second-order valence-electron chi connectivity index (χ2n) is 3.08. The molecule has 0 aromatic heterocycles. The van der Waals surface area contributed by atoms with Crippen molar-refractivity contribution in [3.8, 4) is 5.75 Å². The van der Waals surface area contributed by atoms with E-state index in [9.17, 15) is 12.8 Å². The Morgan fingerprint density at radius 3 is 2.53 bits per heavy atom. The van der Waals surface area contributed by atoms with Gasteiger partial charge in [0.1, 0.15) is 11.6 Å². The highest BCUT2D eigenvalue weighted by Gasteiger charge is 2.13. The summed E-state index contributed by atoms with van der Waals surface area (Å²) in [5, 5.41) is 0. The van der Waals surface area contributed by atoms with Gasteiger partial charge in [0.15, 0.2) is 0 Å².